The minimum absolute atomic E-state index is 0.0461. The number of thioether (sulfide) groups is 1. The number of rotatable bonds is 7. The maximum Gasteiger partial charge on any atom is 0.262 e. The summed E-state index contributed by atoms with van der Waals surface area (Å²) in [5.74, 6) is 0.193. The average molecular weight is 448 g/mol. The quantitative estimate of drug-likeness (QED) is 0.190. The zero-order valence-corrected chi connectivity index (χ0v) is 18.4. The molecule has 162 valence electrons. The van der Waals surface area contributed by atoms with Gasteiger partial charge >= 0.3 is 0 Å². The molecule has 2 heterocycles. The Hall–Kier alpha value is -3.61. The van der Waals surface area contributed by atoms with Crippen molar-refractivity contribution in [2.24, 2.45) is 0 Å². The molecule has 4 rings (SSSR count). The van der Waals surface area contributed by atoms with Crippen LogP contribution in [0.4, 0.5) is 0 Å². The van der Waals surface area contributed by atoms with E-state index in [0.717, 1.165) is 5.52 Å². The summed E-state index contributed by atoms with van der Waals surface area (Å²) in [6.45, 7) is 2.20. The Morgan fingerprint density at radius 1 is 1.22 bits per heavy atom. The third kappa shape index (κ3) is 4.10. The van der Waals surface area contributed by atoms with Gasteiger partial charge in [0.05, 0.1) is 40.3 Å². The number of H-pyrrole nitrogens is 1. The molecule has 0 saturated heterocycles. The molecule has 2 N–H and O–H groups in total. The van der Waals surface area contributed by atoms with Crippen LogP contribution in [0.1, 0.15) is 18.8 Å². The van der Waals surface area contributed by atoms with Crippen molar-refractivity contribution in [3.63, 3.8) is 0 Å². The molecule has 32 heavy (non-hydrogen) atoms. The maximum absolute atomic E-state index is 13.1. The topological polar surface area (TPSA) is 117 Å². The summed E-state index contributed by atoms with van der Waals surface area (Å²) in [6.07, 6.45) is 0. The van der Waals surface area contributed by atoms with Crippen molar-refractivity contribution in [3.05, 3.63) is 70.5 Å². The fourth-order valence-electron chi connectivity index (χ4n) is 3.46. The number of para-hydroxylation sites is 3. The Morgan fingerprint density at radius 3 is 2.66 bits per heavy atom. The lowest BCUT2D eigenvalue weighted by Crippen LogP contribution is -2.28. The number of aromatic nitrogens is 4. The number of nitrogens with one attached hydrogen (secondary N) is 1. The SMILES string of the molecule is COCC(C)n1c(SC/C(O)=C(\C#N)c2nc3ccccc3[nH]2)nc2ccccc2c1=O. The van der Waals surface area contributed by atoms with Crippen molar-refractivity contribution < 1.29 is 9.84 Å². The van der Waals surface area contributed by atoms with Gasteiger partial charge in [-0.2, -0.15) is 5.26 Å². The number of imidazole rings is 1. The Labute approximate surface area is 188 Å². The minimum Gasteiger partial charge on any atom is -0.510 e. The van der Waals surface area contributed by atoms with Gasteiger partial charge in [-0.25, -0.2) is 9.97 Å². The lowest BCUT2D eigenvalue weighted by molar-refractivity contribution is 0.156. The monoisotopic (exact) mass is 447 g/mol. The number of allylic oxidation sites excluding steroid dienone is 1. The van der Waals surface area contributed by atoms with E-state index < -0.39 is 0 Å². The molecule has 1 unspecified atom stereocenters. The summed E-state index contributed by atoms with van der Waals surface area (Å²) in [7, 11) is 1.57. The molecule has 0 radical (unpaired) electrons. The van der Waals surface area contributed by atoms with Crippen molar-refractivity contribution in [1.82, 2.24) is 19.5 Å². The minimum atomic E-state index is -0.260. The number of hydrogen-bond acceptors (Lipinski definition) is 7. The van der Waals surface area contributed by atoms with Crippen molar-refractivity contribution in [3.8, 4) is 6.07 Å². The molecule has 4 aromatic rings. The Balaban J connectivity index is 1.71. The molecule has 0 aliphatic rings. The van der Waals surface area contributed by atoms with Gasteiger partial charge in [-0.15, -0.1) is 0 Å². The lowest BCUT2D eigenvalue weighted by atomic mass is 10.2. The van der Waals surface area contributed by atoms with E-state index >= 15 is 0 Å². The first-order valence-electron chi connectivity index (χ1n) is 9.93. The van der Waals surface area contributed by atoms with Crippen LogP contribution in [-0.4, -0.2) is 44.1 Å². The van der Waals surface area contributed by atoms with Crippen molar-refractivity contribution in [2.75, 3.05) is 19.5 Å². The number of nitrogens with zero attached hydrogens (tertiary/aromatic N) is 4. The van der Waals surface area contributed by atoms with Gasteiger partial charge in [-0.05, 0) is 31.2 Å². The van der Waals surface area contributed by atoms with Gasteiger partial charge in [0, 0.05) is 7.11 Å². The number of fused-ring (bicyclic) bond motifs is 2. The number of aromatic amines is 1. The molecule has 0 spiro atoms. The van der Waals surface area contributed by atoms with Gasteiger partial charge in [0.2, 0.25) is 0 Å². The van der Waals surface area contributed by atoms with Gasteiger partial charge in [0.15, 0.2) is 11.0 Å². The molecule has 9 heteroatoms. The van der Waals surface area contributed by atoms with Gasteiger partial charge in [-0.3, -0.25) is 9.36 Å². The summed E-state index contributed by atoms with van der Waals surface area (Å²) < 4.78 is 6.80. The largest absolute Gasteiger partial charge is 0.510 e. The van der Waals surface area contributed by atoms with Crippen molar-refractivity contribution in [2.45, 2.75) is 18.1 Å². The Morgan fingerprint density at radius 2 is 1.94 bits per heavy atom. The number of nitriles is 1. The first-order valence-corrected chi connectivity index (χ1v) is 10.9. The van der Waals surface area contributed by atoms with E-state index in [1.54, 1.807) is 29.9 Å². The highest BCUT2D eigenvalue weighted by atomic mass is 32.2. The van der Waals surface area contributed by atoms with Gasteiger partial charge in [-0.1, -0.05) is 36.0 Å². The molecule has 2 aromatic heterocycles. The Bertz CT molecular complexity index is 1380. The van der Waals surface area contributed by atoms with Crippen LogP contribution in [0.15, 0.2) is 64.2 Å². The fraction of sp³-hybridized carbons (Fsp3) is 0.217. The number of aliphatic hydroxyl groups is 1. The van der Waals surface area contributed by atoms with E-state index in [-0.39, 0.29) is 28.7 Å². The highest BCUT2D eigenvalue weighted by Gasteiger charge is 2.19. The van der Waals surface area contributed by atoms with E-state index in [4.69, 9.17) is 4.74 Å². The van der Waals surface area contributed by atoms with Crippen LogP contribution in [0, 0.1) is 11.3 Å². The van der Waals surface area contributed by atoms with Crippen LogP contribution in [0.3, 0.4) is 0 Å². The van der Waals surface area contributed by atoms with Crippen LogP contribution in [0.25, 0.3) is 27.5 Å². The molecule has 0 saturated carbocycles. The van der Waals surface area contributed by atoms with Crippen LogP contribution in [0.5, 0.6) is 0 Å². The van der Waals surface area contributed by atoms with E-state index in [9.17, 15) is 15.2 Å². The van der Waals surface area contributed by atoms with E-state index in [1.165, 1.54) is 11.8 Å². The second-order valence-corrected chi connectivity index (χ2v) is 8.16. The zero-order chi connectivity index (χ0) is 22.7. The van der Waals surface area contributed by atoms with E-state index in [2.05, 4.69) is 15.0 Å². The molecule has 0 aliphatic carbocycles. The van der Waals surface area contributed by atoms with Gasteiger partial charge in [0.25, 0.3) is 5.56 Å². The highest BCUT2D eigenvalue weighted by molar-refractivity contribution is 7.99. The summed E-state index contributed by atoms with van der Waals surface area (Å²) in [6, 6.07) is 16.3. The van der Waals surface area contributed by atoms with Crippen LogP contribution >= 0.6 is 11.8 Å². The molecule has 1 atom stereocenters. The first kappa shape index (κ1) is 21.6. The standard InChI is InChI=1S/C23H21N5O3S/c1-14(12-31-2)28-22(30)15-7-3-4-8-17(15)27-23(28)32-13-20(29)16(11-24)21-25-18-9-5-6-10-19(18)26-21/h3-10,14,29H,12-13H2,1-2H3,(H,25,26)/b20-16-. The molecule has 0 fully saturated rings. The number of ether oxygens (including phenoxy) is 1. The molecule has 2 aromatic carbocycles. The molecule has 0 amide bonds. The number of benzene rings is 2. The average Bonchev–Trinajstić information content (AvgIpc) is 3.22. The summed E-state index contributed by atoms with van der Waals surface area (Å²) in [5, 5.41) is 21.3. The van der Waals surface area contributed by atoms with Crippen LogP contribution in [-0.2, 0) is 4.74 Å². The summed E-state index contributed by atoms with van der Waals surface area (Å²) in [5.41, 5.74) is 1.92. The third-order valence-electron chi connectivity index (χ3n) is 4.99. The smallest absolute Gasteiger partial charge is 0.262 e. The molecule has 8 nitrogen and oxygen atoms in total. The molecule has 0 aliphatic heterocycles. The number of aliphatic hydroxyl groups excluding tert-OH is 1. The number of methoxy groups -OCH3 is 1. The molecule has 0 bridgehead atoms. The van der Waals surface area contributed by atoms with Crippen molar-refractivity contribution >= 4 is 39.3 Å². The Kier molecular flexibility index (Phi) is 6.25. The highest BCUT2D eigenvalue weighted by Crippen LogP contribution is 2.26. The van der Waals surface area contributed by atoms with Gasteiger partial charge < -0.3 is 14.8 Å². The van der Waals surface area contributed by atoms with Crippen molar-refractivity contribution in [1.29, 1.82) is 5.26 Å². The normalized spacial score (nSPS) is 13.2. The van der Waals surface area contributed by atoms with E-state index in [0.29, 0.717) is 34.0 Å². The predicted octanol–water partition coefficient (Wildman–Crippen LogP) is 4.07. The third-order valence-corrected chi connectivity index (χ3v) is 5.95. The second-order valence-electron chi connectivity index (χ2n) is 7.22. The molecular weight excluding hydrogens is 426 g/mol. The fourth-order valence-corrected chi connectivity index (χ4v) is 4.44. The summed E-state index contributed by atoms with van der Waals surface area (Å²) in [4.78, 5) is 25.2. The maximum atomic E-state index is 13.1. The zero-order valence-electron chi connectivity index (χ0n) is 17.6. The first-order chi connectivity index (χ1) is 15.5. The second kappa shape index (κ2) is 9.26. The van der Waals surface area contributed by atoms with Crippen LogP contribution < -0.4 is 5.56 Å². The van der Waals surface area contributed by atoms with E-state index in [1.807, 2.05) is 43.3 Å². The number of hydrogen-bond donors (Lipinski definition) is 2. The molecular formula is C23H21N5O3S. The van der Waals surface area contributed by atoms with Crippen LogP contribution in [0.2, 0.25) is 0 Å². The predicted molar refractivity (Wildman–Crippen MR) is 125 cm³/mol. The lowest BCUT2D eigenvalue weighted by Gasteiger charge is -2.18. The van der Waals surface area contributed by atoms with Gasteiger partial charge in [0.1, 0.15) is 17.4 Å². The summed E-state index contributed by atoms with van der Waals surface area (Å²) >= 11 is 1.18.